The van der Waals surface area contributed by atoms with Crippen molar-refractivity contribution in [3.63, 3.8) is 0 Å². The number of rotatable bonds is 2. The van der Waals surface area contributed by atoms with E-state index in [1.54, 1.807) is 6.07 Å². The molecule has 3 heteroatoms. The van der Waals surface area contributed by atoms with Crippen LogP contribution in [0.4, 0.5) is 8.78 Å². The largest absolute Gasteiger partial charge is 0.204 e. The van der Waals surface area contributed by atoms with Crippen molar-refractivity contribution in [3.05, 3.63) is 35.4 Å². The molecule has 0 radical (unpaired) electrons. The molecule has 1 aromatic carbocycles. The van der Waals surface area contributed by atoms with E-state index in [4.69, 9.17) is 0 Å². The number of benzene rings is 1. The van der Waals surface area contributed by atoms with Crippen molar-refractivity contribution in [2.75, 3.05) is 5.75 Å². The van der Waals surface area contributed by atoms with E-state index in [9.17, 15) is 8.78 Å². The van der Waals surface area contributed by atoms with E-state index in [0.29, 0.717) is 5.75 Å². The topological polar surface area (TPSA) is 0 Å². The van der Waals surface area contributed by atoms with Crippen LogP contribution >= 0.6 is 12.6 Å². The zero-order valence-electron chi connectivity index (χ0n) is 7.64. The van der Waals surface area contributed by atoms with Gasteiger partial charge in [-0.05, 0) is 28.9 Å². The fourth-order valence-electron chi connectivity index (χ4n) is 1.01. The molecule has 13 heavy (non-hydrogen) atoms. The second-order valence-corrected chi connectivity index (χ2v) is 3.99. The summed E-state index contributed by atoms with van der Waals surface area (Å²) in [5.41, 5.74) is 0.541. The van der Waals surface area contributed by atoms with Crippen molar-refractivity contribution in [1.82, 2.24) is 0 Å². The predicted octanol–water partition coefficient (Wildman–Crippen LogP) is 3.17. The number of hydrogen-bond donors (Lipinski definition) is 1. The van der Waals surface area contributed by atoms with Crippen molar-refractivity contribution < 1.29 is 8.78 Å². The van der Waals surface area contributed by atoms with Crippen LogP contribution in [0, 0.1) is 11.6 Å². The molecule has 0 N–H and O–H groups in total. The van der Waals surface area contributed by atoms with Crippen LogP contribution in [-0.4, -0.2) is 5.75 Å². The molecule has 0 fully saturated rings. The Balaban J connectivity index is 3.10. The molecule has 0 spiro atoms. The molecular weight excluding hydrogens is 190 g/mol. The lowest BCUT2D eigenvalue weighted by Crippen LogP contribution is -2.19. The first-order valence-corrected chi connectivity index (χ1v) is 4.67. The van der Waals surface area contributed by atoms with E-state index >= 15 is 0 Å². The smallest absolute Gasteiger partial charge is 0.159 e. The molecule has 0 saturated heterocycles. The third kappa shape index (κ3) is 2.21. The van der Waals surface area contributed by atoms with Gasteiger partial charge in [0, 0.05) is 0 Å². The number of halogens is 2. The van der Waals surface area contributed by atoms with E-state index in [2.05, 4.69) is 12.6 Å². The van der Waals surface area contributed by atoms with Crippen LogP contribution in [0.25, 0.3) is 0 Å². The minimum absolute atomic E-state index is 0.225. The van der Waals surface area contributed by atoms with Gasteiger partial charge in [-0.3, -0.25) is 0 Å². The fraction of sp³-hybridized carbons (Fsp3) is 0.400. The van der Waals surface area contributed by atoms with E-state index < -0.39 is 11.6 Å². The highest BCUT2D eigenvalue weighted by atomic mass is 32.1. The van der Waals surface area contributed by atoms with Gasteiger partial charge in [-0.25, -0.2) is 8.78 Å². The van der Waals surface area contributed by atoms with Crippen LogP contribution in [0.5, 0.6) is 0 Å². The molecule has 72 valence electrons. The SMILES string of the molecule is CC(C)(CS)c1ccc(F)c(F)c1. The molecule has 0 unspecified atom stereocenters. The summed E-state index contributed by atoms with van der Waals surface area (Å²) >= 11 is 4.16. The van der Waals surface area contributed by atoms with Gasteiger partial charge >= 0.3 is 0 Å². The lowest BCUT2D eigenvalue weighted by molar-refractivity contribution is 0.500. The first kappa shape index (κ1) is 10.5. The Bertz CT molecular complexity index is 308. The van der Waals surface area contributed by atoms with Gasteiger partial charge in [0.25, 0.3) is 0 Å². The van der Waals surface area contributed by atoms with Crippen LogP contribution < -0.4 is 0 Å². The quantitative estimate of drug-likeness (QED) is 0.700. The Labute approximate surface area is 82.4 Å². The maximum Gasteiger partial charge on any atom is 0.159 e. The fourth-order valence-corrected chi connectivity index (χ4v) is 1.19. The summed E-state index contributed by atoms with van der Waals surface area (Å²) in [5, 5.41) is 0. The summed E-state index contributed by atoms with van der Waals surface area (Å²) in [6, 6.07) is 3.97. The molecule has 0 nitrogen and oxygen atoms in total. The Hall–Kier alpha value is -0.570. The molecule has 0 atom stereocenters. The Morgan fingerprint density at radius 2 is 1.85 bits per heavy atom. The number of thiol groups is 1. The van der Waals surface area contributed by atoms with Gasteiger partial charge in [0.2, 0.25) is 0 Å². The van der Waals surface area contributed by atoms with Crippen LogP contribution in [0.1, 0.15) is 19.4 Å². The molecular formula is C10H12F2S. The molecule has 0 heterocycles. The molecule has 0 amide bonds. The molecule has 0 aliphatic carbocycles. The zero-order valence-corrected chi connectivity index (χ0v) is 8.54. The van der Waals surface area contributed by atoms with Crippen molar-refractivity contribution in [2.45, 2.75) is 19.3 Å². The van der Waals surface area contributed by atoms with Gasteiger partial charge in [0.15, 0.2) is 11.6 Å². The van der Waals surface area contributed by atoms with E-state index in [-0.39, 0.29) is 5.41 Å². The van der Waals surface area contributed by atoms with Crippen LogP contribution in [0.15, 0.2) is 18.2 Å². The normalized spacial score (nSPS) is 11.8. The van der Waals surface area contributed by atoms with Gasteiger partial charge in [-0.2, -0.15) is 12.6 Å². The second-order valence-electron chi connectivity index (χ2n) is 3.67. The Kier molecular flexibility index (Phi) is 2.96. The van der Waals surface area contributed by atoms with Crippen molar-refractivity contribution in [1.29, 1.82) is 0 Å². The summed E-state index contributed by atoms with van der Waals surface area (Å²) in [6.07, 6.45) is 0. The summed E-state index contributed by atoms with van der Waals surface area (Å²) in [5.74, 6) is -1.01. The minimum atomic E-state index is -0.807. The van der Waals surface area contributed by atoms with Crippen molar-refractivity contribution in [3.8, 4) is 0 Å². The second kappa shape index (κ2) is 3.66. The standard InChI is InChI=1S/C10H12F2S/c1-10(2,6-13)7-3-4-8(11)9(12)5-7/h3-5,13H,6H2,1-2H3. The summed E-state index contributed by atoms with van der Waals surface area (Å²) in [6.45, 7) is 3.87. The van der Waals surface area contributed by atoms with Crippen LogP contribution in [0.2, 0.25) is 0 Å². The summed E-state index contributed by atoms with van der Waals surface area (Å²) in [7, 11) is 0. The first-order valence-electron chi connectivity index (χ1n) is 4.04. The first-order chi connectivity index (χ1) is 5.97. The molecule has 0 saturated carbocycles. The molecule has 0 aliphatic heterocycles. The maximum atomic E-state index is 12.8. The Morgan fingerprint density at radius 1 is 1.23 bits per heavy atom. The third-order valence-electron chi connectivity index (χ3n) is 2.10. The Morgan fingerprint density at radius 3 is 2.31 bits per heavy atom. The summed E-state index contributed by atoms with van der Waals surface area (Å²) in [4.78, 5) is 0. The van der Waals surface area contributed by atoms with Gasteiger partial charge in [-0.1, -0.05) is 19.9 Å². The molecule has 0 bridgehead atoms. The lowest BCUT2D eigenvalue weighted by Gasteiger charge is -2.22. The van der Waals surface area contributed by atoms with E-state index in [0.717, 1.165) is 11.6 Å². The third-order valence-corrected chi connectivity index (χ3v) is 2.89. The monoisotopic (exact) mass is 202 g/mol. The lowest BCUT2D eigenvalue weighted by atomic mass is 9.87. The highest BCUT2D eigenvalue weighted by Crippen LogP contribution is 2.25. The highest BCUT2D eigenvalue weighted by Gasteiger charge is 2.19. The van der Waals surface area contributed by atoms with Crippen LogP contribution in [0.3, 0.4) is 0 Å². The maximum absolute atomic E-state index is 12.8. The summed E-state index contributed by atoms with van der Waals surface area (Å²) < 4.78 is 25.4. The van der Waals surface area contributed by atoms with Crippen molar-refractivity contribution >= 4 is 12.6 Å². The number of hydrogen-bond acceptors (Lipinski definition) is 1. The van der Waals surface area contributed by atoms with Crippen LogP contribution in [-0.2, 0) is 5.41 Å². The van der Waals surface area contributed by atoms with E-state index in [1.807, 2.05) is 13.8 Å². The predicted molar refractivity (Wildman–Crippen MR) is 53.2 cm³/mol. The highest BCUT2D eigenvalue weighted by molar-refractivity contribution is 7.80. The van der Waals surface area contributed by atoms with Gasteiger partial charge in [0.05, 0.1) is 0 Å². The van der Waals surface area contributed by atoms with Gasteiger partial charge in [0.1, 0.15) is 0 Å². The zero-order chi connectivity index (χ0) is 10.1. The molecule has 0 aliphatic rings. The minimum Gasteiger partial charge on any atom is -0.204 e. The van der Waals surface area contributed by atoms with Crippen molar-refractivity contribution in [2.24, 2.45) is 0 Å². The van der Waals surface area contributed by atoms with Gasteiger partial charge in [-0.15, -0.1) is 0 Å². The molecule has 0 aromatic heterocycles. The molecule has 1 rings (SSSR count). The van der Waals surface area contributed by atoms with E-state index in [1.165, 1.54) is 6.07 Å². The van der Waals surface area contributed by atoms with Gasteiger partial charge < -0.3 is 0 Å². The average molecular weight is 202 g/mol. The molecule has 1 aromatic rings. The average Bonchev–Trinajstić information content (AvgIpc) is 2.09.